The summed E-state index contributed by atoms with van der Waals surface area (Å²) in [5.74, 6) is 1.81. The molecule has 182 valence electrons. The second kappa shape index (κ2) is 8.53. The van der Waals surface area contributed by atoms with Gasteiger partial charge in [0.15, 0.2) is 0 Å². The van der Waals surface area contributed by atoms with Crippen LogP contribution in [0.25, 0.3) is 21.1 Å². The zero-order valence-corrected chi connectivity index (χ0v) is 21.1. The molecule has 4 aromatic rings. The van der Waals surface area contributed by atoms with Crippen LogP contribution in [0.15, 0.2) is 48.7 Å². The van der Waals surface area contributed by atoms with E-state index in [9.17, 15) is 4.79 Å². The summed E-state index contributed by atoms with van der Waals surface area (Å²) >= 11 is 1.55. The van der Waals surface area contributed by atoms with Gasteiger partial charge in [-0.25, -0.2) is 9.78 Å². The molecule has 35 heavy (non-hydrogen) atoms. The number of aromatic nitrogens is 2. The first-order valence-corrected chi connectivity index (χ1v) is 13.0. The fourth-order valence-corrected chi connectivity index (χ4v) is 6.13. The lowest BCUT2D eigenvalue weighted by molar-refractivity contribution is 0.0274. The number of aromatic amines is 1. The molecular weight excluding hydrogens is 460 g/mol. The number of nitrogens with one attached hydrogen (secondary N) is 1. The summed E-state index contributed by atoms with van der Waals surface area (Å²) in [5.41, 5.74) is 2.86. The van der Waals surface area contributed by atoms with Crippen molar-refractivity contribution in [1.29, 1.82) is 0 Å². The van der Waals surface area contributed by atoms with Crippen LogP contribution in [0, 0.1) is 11.8 Å². The number of thiazole rings is 1. The van der Waals surface area contributed by atoms with Crippen LogP contribution in [-0.4, -0.2) is 57.6 Å². The van der Waals surface area contributed by atoms with Gasteiger partial charge < -0.3 is 19.4 Å². The highest BCUT2D eigenvalue weighted by atomic mass is 32.1. The van der Waals surface area contributed by atoms with E-state index in [1.807, 2.05) is 56.0 Å². The van der Waals surface area contributed by atoms with Gasteiger partial charge in [-0.15, -0.1) is 0 Å². The molecule has 8 heteroatoms. The molecule has 2 aromatic heterocycles. The first kappa shape index (κ1) is 22.4. The fraction of sp³-hybridized carbons (Fsp3) is 0.407. The Labute approximate surface area is 208 Å². The maximum Gasteiger partial charge on any atom is 0.410 e. The average molecular weight is 491 g/mol. The van der Waals surface area contributed by atoms with E-state index in [4.69, 9.17) is 9.47 Å². The molecule has 0 saturated carbocycles. The van der Waals surface area contributed by atoms with E-state index in [2.05, 4.69) is 33.2 Å². The number of ether oxygens (including phenoxy) is 2. The molecule has 0 bridgehead atoms. The molecule has 1 N–H and O–H groups in total. The normalized spacial score (nSPS) is 20.6. The van der Waals surface area contributed by atoms with Crippen molar-refractivity contribution in [2.24, 2.45) is 11.8 Å². The SMILES string of the molecule is CC(C)(C)OC(=O)N1CC2CN(Cc3c[nH]c4cc(Oc5nc6ccccc6s5)ccc34)CC2C1. The van der Waals surface area contributed by atoms with E-state index in [1.54, 1.807) is 11.3 Å². The number of rotatable bonds is 4. The van der Waals surface area contributed by atoms with Crippen LogP contribution in [0.3, 0.4) is 0 Å². The molecular formula is C27H30N4O3S. The Morgan fingerprint density at radius 3 is 2.63 bits per heavy atom. The van der Waals surface area contributed by atoms with Crippen molar-refractivity contribution in [1.82, 2.24) is 19.8 Å². The third-order valence-corrected chi connectivity index (χ3v) is 7.74. The number of carbonyl (C=O) groups is 1. The molecule has 1 amide bonds. The minimum atomic E-state index is -0.449. The maximum absolute atomic E-state index is 12.4. The molecule has 0 radical (unpaired) electrons. The van der Waals surface area contributed by atoms with Gasteiger partial charge >= 0.3 is 6.09 Å². The Balaban J connectivity index is 1.09. The first-order chi connectivity index (χ1) is 16.8. The number of fused-ring (bicyclic) bond motifs is 3. The summed E-state index contributed by atoms with van der Waals surface area (Å²) in [6.45, 7) is 10.2. The molecule has 0 aliphatic carbocycles. The number of likely N-dealkylation sites (tertiary alicyclic amines) is 2. The fourth-order valence-electron chi connectivity index (χ4n) is 5.29. The van der Waals surface area contributed by atoms with Crippen molar-refractivity contribution in [3.63, 3.8) is 0 Å². The van der Waals surface area contributed by atoms with E-state index in [-0.39, 0.29) is 6.09 Å². The number of carbonyl (C=O) groups excluding carboxylic acids is 1. The highest BCUT2D eigenvalue weighted by Gasteiger charge is 2.42. The Morgan fingerprint density at radius 1 is 1.11 bits per heavy atom. The molecule has 7 nitrogen and oxygen atoms in total. The van der Waals surface area contributed by atoms with Crippen LogP contribution in [0.2, 0.25) is 0 Å². The molecule has 2 aromatic carbocycles. The molecule has 6 rings (SSSR count). The Hall–Kier alpha value is -3.10. The molecule has 2 unspecified atom stereocenters. The molecule has 2 aliphatic heterocycles. The minimum absolute atomic E-state index is 0.182. The van der Waals surface area contributed by atoms with Crippen LogP contribution in [0.1, 0.15) is 26.3 Å². The van der Waals surface area contributed by atoms with Gasteiger partial charge in [0.25, 0.3) is 5.19 Å². The first-order valence-electron chi connectivity index (χ1n) is 12.1. The minimum Gasteiger partial charge on any atom is -0.444 e. The van der Waals surface area contributed by atoms with Crippen molar-refractivity contribution in [2.75, 3.05) is 26.2 Å². The average Bonchev–Trinajstić information content (AvgIpc) is 3.54. The van der Waals surface area contributed by atoms with Gasteiger partial charge in [0, 0.05) is 55.9 Å². The van der Waals surface area contributed by atoms with Crippen molar-refractivity contribution in [3.8, 4) is 10.9 Å². The lowest BCUT2D eigenvalue weighted by Gasteiger charge is -2.26. The van der Waals surface area contributed by atoms with E-state index >= 15 is 0 Å². The molecule has 2 atom stereocenters. The number of amides is 1. The smallest absolute Gasteiger partial charge is 0.410 e. The maximum atomic E-state index is 12.4. The van der Waals surface area contributed by atoms with Crippen LogP contribution in [0.4, 0.5) is 4.79 Å². The van der Waals surface area contributed by atoms with Crippen LogP contribution in [-0.2, 0) is 11.3 Å². The quantitative estimate of drug-likeness (QED) is 0.387. The highest BCUT2D eigenvalue weighted by Crippen LogP contribution is 2.35. The highest BCUT2D eigenvalue weighted by molar-refractivity contribution is 7.20. The summed E-state index contributed by atoms with van der Waals surface area (Å²) in [6.07, 6.45) is 1.92. The molecule has 4 heterocycles. The van der Waals surface area contributed by atoms with Crippen LogP contribution < -0.4 is 4.74 Å². The standard InChI is InChI=1S/C27H30N4O3S/c1-27(2,3)34-26(32)31-15-18-13-30(14-19(18)16-31)12-17-11-28-23-10-20(8-9-21(17)23)33-25-29-22-6-4-5-7-24(22)35-25/h4-11,18-19,28H,12-16H2,1-3H3. The largest absolute Gasteiger partial charge is 0.444 e. The number of benzene rings is 2. The van der Waals surface area contributed by atoms with E-state index in [0.29, 0.717) is 17.0 Å². The number of para-hydroxylation sites is 1. The lowest BCUT2D eigenvalue weighted by Crippen LogP contribution is -2.37. The van der Waals surface area contributed by atoms with Crippen molar-refractivity contribution < 1.29 is 14.3 Å². The Morgan fingerprint density at radius 2 is 1.89 bits per heavy atom. The van der Waals surface area contributed by atoms with E-state index in [1.165, 1.54) is 10.9 Å². The van der Waals surface area contributed by atoms with Gasteiger partial charge in [0.2, 0.25) is 0 Å². The molecule has 2 saturated heterocycles. The van der Waals surface area contributed by atoms with Gasteiger partial charge in [-0.05, 0) is 62.4 Å². The topological polar surface area (TPSA) is 70.7 Å². The molecule has 2 fully saturated rings. The third kappa shape index (κ3) is 4.60. The number of H-pyrrole nitrogens is 1. The van der Waals surface area contributed by atoms with Crippen LogP contribution >= 0.6 is 11.3 Å². The number of hydrogen-bond donors (Lipinski definition) is 1. The zero-order chi connectivity index (χ0) is 24.2. The monoisotopic (exact) mass is 490 g/mol. The summed E-state index contributed by atoms with van der Waals surface area (Å²) in [6, 6.07) is 14.3. The molecule has 2 aliphatic rings. The Bertz CT molecular complexity index is 1340. The Kier molecular flexibility index (Phi) is 5.45. The second-order valence-corrected chi connectivity index (χ2v) is 11.7. The second-order valence-electron chi connectivity index (χ2n) is 10.7. The predicted octanol–water partition coefficient (Wildman–Crippen LogP) is 5.87. The van der Waals surface area contributed by atoms with Crippen molar-refractivity contribution in [2.45, 2.75) is 32.9 Å². The van der Waals surface area contributed by atoms with Crippen molar-refractivity contribution in [3.05, 3.63) is 54.2 Å². The summed E-state index contributed by atoms with van der Waals surface area (Å²) in [5, 5.41) is 1.87. The van der Waals surface area contributed by atoms with Crippen LogP contribution in [0.5, 0.6) is 10.9 Å². The molecule has 0 spiro atoms. The predicted molar refractivity (Wildman–Crippen MR) is 138 cm³/mol. The zero-order valence-electron chi connectivity index (χ0n) is 20.3. The number of nitrogens with zero attached hydrogens (tertiary/aromatic N) is 3. The van der Waals surface area contributed by atoms with Gasteiger partial charge in [0.05, 0.1) is 10.2 Å². The van der Waals surface area contributed by atoms with Gasteiger partial charge in [-0.1, -0.05) is 23.5 Å². The van der Waals surface area contributed by atoms with Gasteiger partial charge in [-0.2, -0.15) is 0 Å². The van der Waals surface area contributed by atoms with Gasteiger partial charge in [-0.3, -0.25) is 4.90 Å². The third-order valence-electron chi connectivity index (χ3n) is 6.83. The summed E-state index contributed by atoms with van der Waals surface area (Å²) in [4.78, 5) is 24.8. The summed E-state index contributed by atoms with van der Waals surface area (Å²) < 4.78 is 12.7. The van der Waals surface area contributed by atoms with Gasteiger partial charge in [0.1, 0.15) is 11.4 Å². The van der Waals surface area contributed by atoms with Crippen molar-refractivity contribution >= 4 is 38.5 Å². The summed E-state index contributed by atoms with van der Waals surface area (Å²) in [7, 11) is 0. The lowest BCUT2D eigenvalue weighted by atomic mass is 10.0. The van der Waals surface area contributed by atoms with E-state index in [0.717, 1.165) is 54.2 Å². The number of hydrogen-bond acceptors (Lipinski definition) is 6. The van der Waals surface area contributed by atoms with E-state index < -0.39 is 5.60 Å².